The quantitative estimate of drug-likeness (QED) is 0.741. The van der Waals surface area contributed by atoms with Gasteiger partial charge in [-0.05, 0) is 62.9 Å². The van der Waals surface area contributed by atoms with Crippen LogP contribution in [0.3, 0.4) is 0 Å². The number of hydrogen-bond acceptors (Lipinski definition) is 3. The van der Waals surface area contributed by atoms with E-state index in [2.05, 4.69) is 25.9 Å². The SMILES string of the molecule is Cc1ccc(C)c(NC(=O)N2CCC(n3c(C)nc4cccnc43)CC2)c1. The molecule has 1 fully saturated rings. The van der Waals surface area contributed by atoms with Crippen molar-refractivity contribution < 1.29 is 4.79 Å². The van der Waals surface area contributed by atoms with Crippen LogP contribution >= 0.6 is 0 Å². The Labute approximate surface area is 159 Å². The minimum Gasteiger partial charge on any atom is -0.324 e. The topological polar surface area (TPSA) is 63.1 Å². The van der Waals surface area contributed by atoms with Crippen molar-refractivity contribution in [3.8, 4) is 0 Å². The lowest BCUT2D eigenvalue weighted by molar-refractivity contribution is 0.184. The van der Waals surface area contributed by atoms with Crippen LogP contribution in [0, 0.1) is 20.8 Å². The number of aromatic nitrogens is 3. The maximum atomic E-state index is 12.7. The van der Waals surface area contributed by atoms with E-state index in [9.17, 15) is 4.79 Å². The molecule has 0 spiro atoms. The monoisotopic (exact) mass is 363 g/mol. The van der Waals surface area contributed by atoms with Crippen LogP contribution in [-0.2, 0) is 0 Å². The molecule has 3 heterocycles. The zero-order valence-electron chi connectivity index (χ0n) is 16.1. The fourth-order valence-electron chi connectivity index (χ4n) is 3.87. The lowest BCUT2D eigenvalue weighted by atomic mass is 10.0. The van der Waals surface area contributed by atoms with Gasteiger partial charge in [0.15, 0.2) is 5.65 Å². The number of amides is 2. The number of fused-ring (bicyclic) bond motifs is 1. The van der Waals surface area contributed by atoms with Crippen LogP contribution < -0.4 is 5.32 Å². The molecule has 1 N–H and O–H groups in total. The summed E-state index contributed by atoms with van der Waals surface area (Å²) in [6, 6.07) is 10.3. The van der Waals surface area contributed by atoms with Gasteiger partial charge in [-0.25, -0.2) is 14.8 Å². The summed E-state index contributed by atoms with van der Waals surface area (Å²) in [5, 5.41) is 3.07. The van der Waals surface area contributed by atoms with E-state index < -0.39 is 0 Å². The predicted octanol–water partition coefficient (Wildman–Crippen LogP) is 4.23. The lowest BCUT2D eigenvalue weighted by Crippen LogP contribution is -2.41. The molecule has 140 valence electrons. The van der Waals surface area contributed by atoms with Crippen LogP contribution in [0.25, 0.3) is 11.2 Å². The third kappa shape index (κ3) is 3.39. The van der Waals surface area contributed by atoms with Crippen LogP contribution in [0.4, 0.5) is 10.5 Å². The Balaban J connectivity index is 1.45. The molecule has 0 aliphatic carbocycles. The largest absolute Gasteiger partial charge is 0.324 e. The molecule has 2 amide bonds. The van der Waals surface area contributed by atoms with Crippen LogP contribution in [0.2, 0.25) is 0 Å². The fourth-order valence-corrected chi connectivity index (χ4v) is 3.87. The highest BCUT2D eigenvalue weighted by atomic mass is 16.2. The van der Waals surface area contributed by atoms with Crippen molar-refractivity contribution in [3.63, 3.8) is 0 Å². The Morgan fingerprint density at radius 2 is 1.93 bits per heavy atom. The van der Waals surface area contributed by atoms with Gasteiger partial charge < -0.3 is 14.8 Å². The molecule has 0 unspecified atom stereocenters. The van der Waals surface area contributed by atoms with Gasteiger partial charge in [0.1, 0.15) is 11.3 Å². The number of aryl methyl sites for hydroxylation is 3. The number of rotatable bonds is 2. The maximum absolute atomic E-state index is 12.7. The number of benzene rings is 1. The van der Waals surface area contributed by atoms with Gasteiger partial charge in [0.05, 0.1) is 0 Å². The predicted molar refractivity (Wildman–Crippen MR) is 107 cm³/mol. The molecule has 6 heteroatoms. The van der Waals surface area contributed by atoms with Gasteiger partial charge in [-0.2, -0.15) is 0 Å². The Bertz CT molecular complexity index is 985. The van der Waals surface area contributed by atoms with E-state index >= 15 is 0 Å². The second kappa shape index (κ2) is 7.02. The van der Waals surface area contributed by atoms with E-state index in [4.69, 9.17) is 0 Å². The first-order valence-corrected chi connectivity index (χ1v) is 9.45. The average molecular weight is 363 g/mol. The van der Waals surface area contributed by atoms with Gasteiger partial charge >= 0.3 is 6.03 Å². The molecule has 4 rings (SSSR count). The molecular formula is C21H25N5O. The van der Waals surface area contributed by atoms with Crippen molar-refractivity contribution in [2.45, 2.75) is 39.7 Å². The number of urea groups is 1. The number of nitrogens with one attached hydrogen (secondary N) is 1. The summed E-state index contributed by atoms with van der Waals surface area (Å²) in [5.41, 5.74) is 4.99. The maximum Gasteiger partial charge on any atom is 0.321 e. The normalized spacial score (nSPS) is 15.3. The molecule has 0 radical (unpaired) electrons. The highest BCUT2D eigenvalue weighted by Gasteiger charge is 2.26. The third-order valence-corrected chi connectivity index (χ3v) is 5.38. The first kappa shape index (κ1) is 17.5. The number of anilines is 1. The van der Waals surface area contributed by atoms with Gasteiger partial charge in [-0.3, -0.25) is 0 Å². The average Bonchev–Trinajstić information content (AvgIpc) is 3.00. The fraction of sp³-hybridized carbons (Fsp3) is 0.381. The number of imidazole rings is 1. The van der Waals surface area contributed by atoms with E-state index in [1.807, 2.05) is 56.1 Å². The van der Waals surface area contributed by atoms with E-state index in [0.717, 1.165) is 59.7 Å². The van der Waals surface area contributed by atoms with Gasteiger partial charge in [0.2, 0.25) is 0 Å². The van der Waals surface area contributed by atoms with E-state index in [1.54, 1.807) is 0 Å². The van der Waals surface area contributed by atoms with Gasteiger partial charge in [0, 0.05) is 31.0 Å². The van der Waals surface area contributed by atoms with Crippen molar-refractivity contribution >= 4 is 22.9 Å². The Kier molecular flexibility index (Phi) is 4.56. The van der Waals surface area contributed by atoms with Gasteiger partial charge in [-0.1, -0.05) is 12.1 Å². The zero-order chi connectivity index (χ0) is 19.0. The molecule has 1 aliphatic heterocycles. The standard InChI is InChI=1S/C21H25N5O/c1-14-6-7-15(2)19(13-14)24-21(27)25-11-8-17(9-12-25)26-16(3)23-18-5-4-10-22-20(18)26/h4-7,10,13,17H,8-9,11-12H2,1-3H3,(H,24,27). The molecule has 0 saturated carbocycles. The van der Waals surface area contributed by atoms with Crippen LogP contribution in [-0.4, -0.2) is 38.6 Å². The summed E-state index contributed by atoms with van der Waals surface area (Å²) < 4.78 is 2.23. The Morgan fingerprint density at radius 3 is 2.70 bits per heavy atom. The lowest BCUT2D eigenvalue weighted by Gasteiger charge is -2.33. The number of carbonyl (C=O) groups excluding carboxylic acids is 1. The number of carbonyl (C=O) groups is 1. The zero-order valence-corrected chi connectivity index (χ0v) is 16.1. The first-order valence-electron chi connectivity index (χ1n) is 9.45. The number of piperidine rings is 1. The molecule has 3 aromatic rings. The van der Waals surface area contributed by atoms with Crippen LogP contribution in [0.15, 0.2) is 36.5 Å². The Hall–Kier alpha value is -2.89. The Morgan fingerprint density at radius 1 is 1.15 bits per heavy atom. The molecule has 27 heavy (non-hydrogen) atoms. The third-order valence-electron chi connectivity index (χ3n) is 5.38. The highest BCUT2D eigenvalue weighted by Crippen LogP contribution is 2.28. The van der Waals surface area contributed by atoms with E-state index in [0.29, 0.717) is 6.04 Å². The number of nitrogens with zero attached hydrogens (tertiary/aromatic N) is 4. The first-order chi connectivity index (χ1) is 13.0. The molecular weight excluding hydrogens is 338 g/mol. The van der Waals surface area contributed by atoms with Crippen molar-refractivity contribution in [2.24, 2.45) is 0 Å². The number of likely N-dealkylation sites (tertiary alicyclic amines) is 1. The molecule has 2 aromatic heterocycles. The number of hydrogen-bond donors (Lipinski definition) is 1. The molecule has 1 saturated heterocycles. The van der Waals surface area contributed by atoms with E-state index in [1.165, 1.54) is 0 Å². The molecule has 0 bridgehead atoms. The summed E-state index contributed by atoms with van der Waals surface area (Å²) in [5.74, 6) is 0.988. The second-order valence-electron chi connectivity index (χ2n) is 7.34. The highest BCUT2D eigenvalue weighted by molar-refractivity contribution is 5.90. The molecule has 1 aliphatic rings. The van der Waals surface area contributed by atoms with Gasteiger partial charge in [-0.15, -0.1) is 0 Å². The minimum absolute atomic E-state index is 0.0208. The molecule has 1 aromatic carbocycles. The summed E-state index contributed by atoms with van der Waals surface area (Å²) in [6.07, 6.45) is 3.62. The molecule has 0 atom stereocenters. The van der Waals surface area contributed by atoms with E-state index in [-0.39, 0.29) is 6.03 Å². The van der Waals surface area contributed by atoms with Gasteiger partial charge in [0.25, 0.3) is 0 Å². The number of pyridine rings is 1. The minimum atomic E-state index is -0.0208. The second-order valence-corrected chi connectivity index (χ2v) is 7.34. The van der Waals surface area contributed by atoms with Crippen LogP contribution in [0.1, 0.15) is 35.8 Å². The van der Waals surface area contributed by atoms with Crippen molar-refractivity contribution in [3.05, 3.63) is 53.5 Å². The van der Waals surface area contributed by atoms with Crippen molar-refractivity contribution in [1.29, 1.82) is 0 Å². The summed E-state index contributed by atoms with van der Waals surface area (Å²) >= 11 is 0. The smallest absolute Gasteiger partial charge is 0.321 e. The molecule has 6 nitrogen and oxygen atoms in total. The summed E-state index contributed by atoms with van der Waals surface area (Å²) in [4.78, 5) is 23.7. The summed E-state index contributed by atoms with van der Waals surface area (Å²) in [6.45, 7) is 7.54. The van der Waals surface area contributed by atoms with Crippen molar-refractivity contribution in [1.82, 2.24) is 19.4 Å². The summed E-state index contributed by atoms with van der Waals surface area (Å²) in [7, 11) is 0. The van der Waals surface area contributed by atoms with Crippen molar-refractivity contribution in [2.75, 3.05) is 18.4 Å². The van der Waals surface area contributed by atoms with Crippen LogP contribution in [0.5, 0.6) is 0 Å².